The molecule has 0 bridgehead atoms. The maximum Gasteiger partial charge on any atom is 0.217 e. The smallest absolute Gasteiger partial charge is 0.217 e. The van der Waals surface area contributed by atoms with E-state index in [4.69, 9.17) is 0 Å². The van der Waals surface area contributed by atoms with E-state index < -0.39 is 10.0 Å². The molecule has 1 saturated heterocycles. The Hall–Kier alpha value is -0.130. The lowest BCUT2D eigenvalue weighted by atomic mass is 10.2. The molecule has 0 amide bonds. The third-order valence-corrected chi connectivity index (χ3v) is 6.14. The molecule has 1 saturated carbocycles. The van der Waals surface area contributed by atoms with E-state index in [0.717, 1.165) is 19.4 Å². The molecule has 2 rings (SSSR count). The van der Waals surface area contributed by atoms with Gasteiger partial charge in [-0.15, -0.1) is 0 Å². The van der Waals surface area contributed by atoms with Crippen molar-refractivity contribution >= 4 is 10.0 Å². The Kier molecular flexibility index (Phi) is 3.56. The molecule has 1 aliphatic heterocycles. The number of rotatable bonds is 4. The van der Waals surface area contributed by atoms with Crippen LogP contribution in [0.3, 0.4) is 0 Å². The van der Waals surface area contributed by atoms with Crippen LogP contribution in [0, 0.1) is 11.8 Å². The molecule has 0 spiro atoms. The molecule has 4 nitrogen and oxygen atoms in total. The van der Waals surface area contributed by atoms with Crippen LogP contribution in [0.15, 0.2) is 0 Å². The van der Waals surface area contributed by atoms with Gasteiger partial charge in [-0.05, 0) is 37.6 Å². The Morgan fingerprint density at radius 1 is 1.44 bits per heavy atom. The Morgan fingerprint density at radius 3 is 2.62 bits per heavy atom. The molecule has 1 N–H and O–H groups in total. The third kappa shape index (κ3) is 2.57. The standard InChI is InChI=1S/C11H22N2O2S/c1-9-6-10(9)8-13(2)16(14,15)11-4-3-5-12-7-11/h9-12H,3-8H2,1-2H3. The summed E-state index contributed by atoms with van der Waals surface area (Å²) >= 11 is 0. The van der Waals surface area contributed by atoms with Crippen LogP contribution in [0.25, 0.3) is 0 Å². The van der Waals surface area contributed by atoms with Gasteiger partial charge in [0.15, 0.2) is 0 Å². The van der Waals surface area contributed by atoms with Crippen molar-refractivity contribution in [3.8, 4) is 0 Å². The Bertz CT molecular complexity index is 336. The maximum absolute atomic E-state index is 12.2. The highest BCUT2D eigenvalue weighted by Gasteiger charge is 2.38. The van der Waals surface area contributed by atoms with Gasteiger partial charge in [-0.2, -0.15) is 0 Å². The van der Waals surface area contributed by atoms with Gasteiger partial charge in [0, 0.05) is 20.1 Å². The first-order valence-electron chi connectivity index (χ1n) is 6.17. The fourth-order valence-electron chi connectivity index (χ4n) is 2.42. The highest BCUT2D eigenvalue weighted by atomic mass is 32.2. The Morgan fingerprint density at radius 2 is 2.12 bits per heavy atom. The van der Waals surface area contributed by atoms with Gasteiger partial charge >= 0.3 is 0 Å². The predicted octanol–water partition coefficient (Wildman–Crippen LogP) is 0.656. The SMILES string of the molecule is CC1CC1CN(C)S(=O)(=O)C1CCCNC1. The van der Waals surface area contributed by atoms with E-state index in [1.807, 2.05) is 0 Å². The Balaban J connectivity index is 1.94. The molecule has 1 aliphatic carbocycles. The summed E-state index contributed by atoms with van der Waals surface area (Å²) in [4.78, 5) is 0. The van der Waals surface area contributed by atoms with Gasteiger partial charge in [0.25, 0.3) is 0 Å². The van der Waals surface area contributed by atoms with Crippen molar-refractivity contribution in [3.05, 3.63) is 0 Å². The summed E-state index contributed by atoms with van der Waals surface area (Å²) < 4.78 is 26.1. The molecule has 0 radical (unpaired) electrons. The summed E-state index contributed by atoms with van der Waals surface area (Å²) in [6.07, 6.45) is 2.96. The highest BCUT2D eigenvalue weighted by molar-refractivity contribution is 7.89. The second-order valence-electron chi connectivity index (χ2n) is 5.27. The van der Waals surface area contributed by atoms with Crippen LogP contribution in [-0.4, -0.2) is 44.7 Å². The summed E-state index contributed by atoms with van der Waals surface area (Å²) in [7, 11) is -1.34. The first-order chi connectivity index (χ1) is 7.51. The lowest BCUT2D eigenvalue weighted by Gasteiger charge is -2.27. The first-order valence-corrected chi connectivity index (χ1v) is 7.68. The van der Waals surface area contributed by atoms with Gasteiger partial charge in [0.2, 0.25) is 10.0 Å². The van der Waals surface area contributed by atoms with Gasteiger partial charge in [0.05, 0.1) is 5.25 Å². The summed E-state index contributed by atoms with van der Waals surface area (Å²) in [5, 5.41) is 2.96. The molecule has 2 fully saturated rings. The molecule has 0 aromatic heterocycles. The van der Waals surface area contributed by atoms with Gasteiger partial charge in [0.1, 0.15) is 0 Å². The molecule has 3 atom stereocenters. The van der Waals surface area contributed by atoms with Crippen molar-refractivity contribution < 1.29 is 8.42 Å². The summed E-state index contributed by atoms with van der Waals surface area (Å²) in [6.45, 7) is 4.47. The number of hydrogen-bond donors (Lipinski definition) is 1. The summed E-state index contributed by atoms with van der Waals surface area (Å²) in [6, 6.07) is 0. The fraction of sp³-hybridized carbons (Fsp3) is 1.00. The minimum absolute atomic E-state index is 0.208. The first kappa shape index (κ1) is 12.3. The zero-order valence-corrected chi connectivity index (χ0v) is 11.0. The minimum atomic E-state index is -3.07. The van der Waals surface area contributed by atoms with Crippen molar-refractivity contribution in [1.29, 1.82) is 0 Å². The molecular weight excluding hydrogens is 224 g/mol. The number of nitrogens with zero attached hydrogens (tertiary/aromatic N) is 1. The zero-order chi connectivity index (χ0) is 11.8. The van der Waals surface area contributed by atoms with Crippen molar-refractivity contribution in [3.63, 3.8) is 0 Å². The maximum atomic E-state index is 12.2. The molecule has 3 unspecified atom stereocenters. The molecule has 94 valence electrons. The van der Waals surface area contributed by atoms with Crippen LogP contribution in [0.1, 0.15) is 26.2 Å². The van der Waals surface area contributed by atoms with Gasteiger partial charge in [-0.1, -0.05) is 6.92 Å². The zero-order valence-electron chi connectivity index (χ0n) is 10.1. The predicted molar refractivity (Wildman–Crippen MR) is 64.7 cm³/mol. The second-order valence-corrected chi connectivity index (χ2v) is 7.59. The molecule has 5 heteroatoms. The molecule has 2 aliphatic rings. The van der Waals surface area contributed by atoms with Crippen LogP contribution in [0.4, 0.5) is 0 Å². The lowest BCUT2D eigenvalue weighted by Crippen LogP contribution is -2.45. The van der Waals surface area contributed by atoms with Gasteiger partial charge in [-0.3, -0.25) is 0 Å². The molecular formula is C11H22N2O2S. The topological polar surface area (TPSA) is 49.4 Å². The number of hydrogen-bond acceptors (Lipinski definition) is 3. The largest absolute Gasteiger partial charge is 0.315 e. The van der Waals surface area contributed by atoms with E-state index in [2.05, 4.69) is 12.2 Å². The van der Waals surface area contributed by atoms with Crippen LogP contribution >= 0.6 is 0 Å². The normalized spacial score (nSPS) is 35.3. The average molecular weight is 246 g/mol. The van der Waals surface area contributed by atoms with Crippen molar-refractivity contribution in [2.45, 2.75) is 31.4 Å². The van der Waals surface area contributed by atoms with E-state index in [0.29, 0.717) is 24.9 Å². The lowest BCUT2D eigenvalue weighted by molar-refractivity contribution is 0.416. The van der Waals surface area contributed by atoms with E-state index in [1.54, 1.807) is 11.4 Å². The average Bonchev–Trinajstić information content (AvgIpc) is 2.95. The fourth-order valence-corrected chi connectivity index (χ4v) is 4.12. The molecule has 0 aromatic carbocycles. The van der Waals surface area contributed by atoms with Crippen LogP contribution in [0.5, 0.6) is 0 Å². The van der Waals surface area contributed by atoms with E-state index >= 15 is 0 Å². The third-order valence-electron chi connectivity index (χ3n) is 3.88. The highest BCUT2D eigenvalue weighted by Crippen LogP contribution is 2.38. The summed E-state index contributed by atoms with van der Waals surface area (Å²) in [5.41, 5.74) is 0. The van der Waals surface area contributed by atoms with Gasteiger partial charge in [-0.25, -0.2) is 12.7 Å². The van der Waals surface area contributed by atoms with Crippen molar-refractivity contribution in [1.82, 2.24) is 9.62 Å². The van der Waals surface area contributed by atoms with Crippen LogP contribution in [0.2, 0.25) is 0 Å². The van der Waals surface area contributed by atoms with Crippen molar-refractivity contribution in [2.24, 2.45) is 11.8 Å². The molecule has 0 aromatic rings. The molecule has 16 heavy (non-hydrogen) atoms. The Labute approximate surface area is 98.4 Å². The molecule has 1 heterocycles. The summed E-state index contributed by atoms with van der Waals surface area (Å²) in [5.74, 6) is 1.30. The van der Waals surface area contributed by atoms with Crippen LogP contribution in [-0.2, 0) is 10.0 Å². The van der Waals surface area contributed by atoms with Crippen molar-refractivity contribution in [2.75, 3.05) is 26.7 Å². The number of nitrogens with one attached hydrogen (secondary N) is 1. The monoisotopic (exact) mass is 246 g/mol. The van der Waals surface area contributed by atoms with Gasteiger partial charge < -0.3 is 5.32 Å². The van der Waals surface area contributed by atoms with E-state index in [1.165, 1.54) is 6.42 Å². The number of sulfonamides is 1. The minimum Gasteiger partial charge on any atom is -0.315 e. The van der Waals surface area contributed by atoms with Crippen LogP contribution < -0.4 is 5.32 Å². The second kappa shape index (κ2) is 4.63. The quantitative estimate of drug-likeness (QED) is 0.792. The number of piperidine rings is 1. The van der Waals surface area contributed by atoms with E-state index in [9.17, 15) is 8.42 Å². The van der Waals surface area contributed by atoms with E-state index in [-0.39, 0.29) is 5.25 Å².